The van der Waals surface area contributed by atoms with Gasteiger partial charge in [-0.3, -0.25) is 4.79 Å². The van der Waals surface area contributed by atoms with E-state index in [1.807, 2.05) is 31.2 Å². The first kappa shape index (κ1) is 16.5. The van der Waals surface area contributed by atoms with Gasteiger partial charge in [0.1, 0.15) is 0 Å². The Bertz CT molecular complexity index is 619. The Labute approximate surface area is 135 Å². The van der Waals surface area contributed by atoms with E-state index in [0.717, 1.165) is 42.8 Å². The van der Waals surface area contributed by atoms with E-state index in [1.54, 1.807) is 6.20 Å². The summed E-state index contributed by atoms with van der Waals surface area (Å²) in [5.74, 6) is 1.42. The number of anilines is 1. The zero-order chi connectivity index (χ0) is 14.7. The maximum absolute atomic E-state index is 12.1. The smallest absolute Gasteiger partial charge is 0.241 e. The average molecular weight is 322 g/mol. The third-order valence-electron chi connectivity index (χ3n) is 3.69. The summed E-state index contributed by atoms with van der Waals surface area (Å²) < 4.78 is 5.48. The van der Waals surface area contributed by atoms with E-state index in [2.05, 4.69) is 15.6 Å². The van der Waals surface area contributed by atoms with Crippen LogP contribution >= 0.6 is 12.4 Å². The molecule has 2 aromatic rings. The van der Waals surface area contributed by atoms with E-state index in [9.17, 15) is 4.79 Å². The Kier molecular flexibility index (Phi) is 5.57. The Morgan fingerprint density at radius 2 is 2.09 bits per heavy atom. The first-order chi connectivity index (χ1) is 10.2. The van der Waals surface area contributed by atoms with Crippen molar-refractivity contribution in [3.63, 3.8) is 0 Å². The van der Waals surface area contributed by atoms with Crippen LogP contribution in [0, 0.1) is 6.92 Å². The summed E-state index contributed by atoms with van der Waals surface area (Å²) in [6.07, 6.45) is 4.86. The lowest BCUT2D eigenvalue weighted by atomic mass is 10.0. The van der Waals surface area contributed by atoms with Gasteiger partial charge >= 0.3 is 0 Å². The molecule has 1 aliphatic rings. The molecule has 0 aliphatic carbocycles. The molecule has 1 unspecified atom stereocenters. The number of aryl methyl sites for hydroxylation is 1. The van der Waals surface area contributed by atoms with Crippen LogP contribution in [0.15, 0.2) is 34.9 Å². The zero-order valence-electron chi connectivity index (χ0n) is 12.5. The fourth-order valence-corrected chi connectivity index (χ4v) is 2.52. The molecule has 5 nitrogen and oxygen atoms in total. The standard InChI is InChI=1S/C16H19N3O2.ClH/c1-11-18-10-15(21-11)12-5-7-13(8-6-12)19-16(20)14-4-2-3-9-17-14;/h5-8,10,14,17H,2-4,9H2,1H3,(H,19,20);1H. The van der Waals surface area contributed by atoms with Gasteiger partial charge in [-0.2, -0.15) is 0 Å². The van der Waals surface area contributed by atoms with Crippen molar-refractivity contribution < 1.29 is 9.21 Å². The number of amides is 1. The molecule has 2 heterocycles. The molecule has 1 aromatic carbocycles. The first-order valence-corrected chi connectivity index (χ1v) is 7.29. The van der Waals surface area contributed by atoms with Crippen LogP contribution in [0.25, 0.3) is 11.3 Å². The largest absolute Gasteiger partial charge is 0.441 e. The van der Waals surface area contributed by atoms with Crippen molar-refractivity contribution in [1.29, 1.82) is 0 Å². The summed E-state index contributed by atoms with van der Waals surface area (Å²) in [6, 6.07) is 7.53. The van der Waals surface area contributed by atoms with Gasteiger partial charge in [-0.15, -0.1) is 12.4 Å². The van der Waals surface area contributed by atoms with Crippen LogP contribution in [0.2, 0.25) is 0 Å². The molecule has 0 spiro atoms. The summed E-state index contributed by atoms with van der Waals surface area (Å²) >= 11 is 0. The van der Waals surface area contributed by atoms with Gasteiger partial charge in [0.05, 0.1) is 12.2 Å². The normalized spacial score (nSPS) is 17.6. The van der Waals surface area contributed by atoms with E-state index in [4.69, 9.17) is 4.42 Å². The molecule has 1 aliphatic heterocycles. The molecule has 1 atom stereocenters. The highest BCUT2D eigenvalue weighted by molar-refractivity contribution is 5.95. The molecule has 1 aromatic heterocycles. The minimum atomic E-state index is -0.0738. The molecule has 3 rings (SSSR count). The van der Waals surface area contributed by atoms with Crippen LogP contribution < -0.4 is 10.6 Å². The molecule has 6 heteroatoms. The predicted octanol–water partition coefficient (Wildman–Crippen LogP) is 3.15. The van der Waals surface area contributed by atoms with Crippen LogP contribution in [-0.4, -0.2) is 23.5 Å². The maximum atomic E-state index is 12.1. The Balaban J connectivity index is 0.00000176. The second-order valence-electron chi connectivity index (χ2n) is 5.31. The number of piperidine rings is 1. The Morgan fingerprint density at radius 1 is 1.32 bits per heavy atom. The average Bonchev–Trinajstić information content (AvgIpc) is 2.95. The number of nitrogens with one attached hydrogen (secondary N) is 2. The highest BCUT2D eigenvalue weighted by atomic mass is 35.5. The van der Waals surface area contributed by atoms with E-state index in [1.165, 1.54) is 0 Å². The second kappa shape index (κ2) is 7.42. The van der Waals surface area contributed by atoms with Gasteiger partial charge in [-0.25, -0.2) is 4.98 Å². The number of nitrogens with zero attached hydrogens (tertiary/aromatic N) is 1. The predicted molar refractivity (Wildman–Crippen MR) is 88.2 cm³/mol. The summed E-state index contributed by atoms with van der Waals surface area (Å²) in [5.41, 5.74) is 1.75. The highest BCUT2D eigenvalue weighted by Crippen LogP contribution is 2.22. The van der Waals surface area contributed by atoms with Crippen LogP contribution in [0.1, 0.15) is 25.2 Å². The molecule has 1 amide bonds. The third kappa shape index (κ3) is 3.87. The van der Waals surface area contributed by atoms with Crippen LogP contribution in [0.5, 0.6) is 0 Å². The minimum Gasteiger partial charge on any atom is -0.441 e. The van der Waals surface area contributed by atoms with E-state index in [0.29, 0.717) is 5.89 Å². The number of halogens is 1. The Morgan fingerprint density at radius 3 is 2.68 bits per heavy atom. The summed E-state index contributed by atoms with van der Waals surface area (Å²) in [4.78, 5) is 16.2. The van der Waals surface area contributed by atoms with Crippen LogP contribution in [0.3, 0.4) is 0 Å². The van der Waals surface area contributed by atoms with Crippen molar-refractivity contribution >= 4 is 24.0 Å². The van der Waals surface area contributed by atoms with Gasteiger partial charge in [0, 0.05) is 18.2 Å². The molecule has 0 bridgehead atoms. The lowest BCUT2D eigenvalue weighted by molar-refractivity contribution is -0.118. The van der Waals surface area contributed by atoms with E-state index >= 15 is 0 Å². The van der Waals surface area contributed by atoms with Crippen molar-refractivity contribution in [2.45, 2.75) is 32.2 Å². The quantitative estimate of drug-likeness (QED) is 0.911. The van der Waals surface area contributed by atoms with Crippen molar-refractivity contribution in [3.05, 3.63) is 36.4 Å². The van der Waals surface area contributed by atoms with E-state index in [-0.39, 0.29) is 24.4 Å². The molecule has 1 saturated heterocycles. The van der Waals surface area contributed by atoms with Gasteiger partial charge in [-0.05, 0) is 43.7 Å². The maximum Gasteiger partial charge on any atom is 0.241 e. The molecule has 22 heavy (non-hydrogen) atoms. The SMILES string of the molecule is Cc1ncc(-c2ccc(NC(=O)C3CCCCN3)cc2)o1.Cl. The number of rotatable bonds is 3. The van der Waals surface area contributed by atoms with Gasteiger partial charge in [0.15, 0.2) is 11.7 Å². The zero-order valence-corrected chi connectivity index (χ0v) is 13.3. The Hall–Kier alpha value is -1.85. The third-order valence-corrected chi connectivity index (χ3v) is 3.69. The van der Waals surface area contributed by atoms with Gasteiger partial charge in [-0.1, -0.05) is 6.42 Å². The number of carbonyl (C=O) groups excluding carboxylic acids is 1. The fraction of sp³-hybridized carbons (Fsp3) is 0.375. The van der Waals surface area contributed by atoms with Gasteiger partial charge in [0.2, 0.25) is 5.91 Å². The molecule has 0 radical (unpaired) electrons. The number of hydrogen-bond donors (Lipinski definition) is 2. The topological polar surface area (TPSA) is 67.2 Å². The first-order valence-electron chi connectivity index (χ1n) is 7.29. The molecule has 118 valence electrons. The summed E-state index contributed by atoms with van der Waals surface area (Å²) in [6.45, 7) is 2.73. The number of carbonyl (C=O) groups is 1. The highest BCUT2D eigenvalue weighted by Gasteiger charge is 2.20. The molecular weight excluding hydrogens is 302 g/mol. The molecule has 2 N–H and O–H groups in total. The molecule has 1 fully saturated rings. The lowest BCUT2D eigenvalue weighted by Gasteiger charge is -2.22. The van der Waals surface area contributed by atoms with Gasteiger partial charge in [0.25, 0.3) is 0 Å². The van der Waals surface area contributed by atoms with Gasteiger partial charge < -0.3 is 15.1 Å². The lowest BCUT2D eigenvalue weighted by Crippen LogP contribution is -2.43. The minimum absolute atomic E-state index is 0. The van der Waals surface area contributed by atoms with Crippen molar-refractivity contribution in [1.82, 2.24) is 10.3 Å². The monoisotopic (exact) mass is 321 g/mol. The number of oxazole rings is 1. The molecule has 0 saturated carbocycles. The van der Waals surface area contributed by atoms with Crippen molar-refractivity contribution in [2.75, 3.05) is 11.9 Å². The number of aromatic nitrogens is 1. The van der Waals surface area contributed by atoms with Crippen molar-refractivity contribution in [2.24, 2.45) is 0 Å². The summed E-state index contributed by atoms with van der Waals surface area (Å²) in [7, 11) is 0. The van der Waals surface area contributed by atoms with Crippen LogP contribution in [0.4, 0.5) is 5.69 Å². The fourth-order valence-electron chi connectivity index (χ4n) is 2.52. The summed E-state index contributed by atoms with van der Waals surface area (Å²) in [5, 5.41) is 6.19. The number of hydrogen-bond acceptors (Lipinski definition) is 4. The van der Waals surface area contributed by atoms with Crippen LogP contribution in [-0.2, 0) is 4.79 Å². The molecular formula is C16H20ClN3O2. The number of benzene rings is 1. The van der Waals surface area contributed by atoms with Crippen molar-refractivity contribution in [3.8, 4) is 11.3 Å². The van der Waals surface area contributed by atoms with E-state index < -0.39 is 0 Å². The second-order valence-corrected chi connectivity index (χ2v) is 5.31.